The van der Waals surface area contributed by atoms with Gasteiger partial charge in [-0.05, 0) is 36.8 Å². The Bertz CT molecular complexity index is 1120. The highest BCUT2D eigenvalue weighted by atomic mass is 19.1. The van der Waals surface area contributed by atoms with Crippen LogP contribution in [0.4, 0.5) is 10.1 Å². The maximum absolute atomic E-state index is 13.3. The molecule has 0 atom stereocenters. The number of hydrogen-bond acceptors (Lipinski definition) is 3. The van der Waals surface area contributed by atoms with Crippen LogP contribution < -0.4 is 16.6 Å². The zero-order chi connectivity index (χ0) is 20.1. The molecule has 3 rings (SSSR count). The van der Waals surface area contributed by atoms with E-state index in [1.807, 2.05) is 6.92 Å². The number of amides is 1. The van der Waals surface area contributed by atoms with Gasteiger partial charge in [0.15, 0.2) is 0 Å². The van der Waals surface area contributed by atoms with E-state index >= 15 is 0 Å². The van der Waals surface area contributed by atoms with E-state index < -0.39 is 17.4 Å². The highest BCUT2D eigenvalue weighted by Crippen LogP contribution is 2.11. The molecule has 1 aromatic heterocycles. The van der Waals surface area contributed by atoms with Crippen molar-refractivity contribution in [2.45, 2.75) is 39.3 Å². The third-order valence-corrected chi connectivity index (χ3v) is 4.53. The lowest BCUT2D eigenvalue weighted by Crippen LogP contribution is -2.41. The van der Waals surface area contributed by atoms with E-state index in [9.17, 15) is 18.8 Å². The summed E-state index contributed by atoms with van der Waals surface area (Å²) in [6.45, 7) is 2.07. The summed E-state index contributed by atoms with van der Waals surface area (Å²) in [6, 6.07) is 12.3. The predicted octanol–water partition coefficient (Wildman–Crippen LogP) is 3.13. The van der Waals surface area contributed by atoms with Crippen molar-refractivity contribution in [2.24, 2.45) is 0 Å². The second-order valence-corrected chi connectivity index (χ2v) is 6.61. The van der Waals surface area contributed by atoms with E-state index in [0.717, 1.165) is 12.8 Å². The van der Waals surface area contributed by atoms with Crippen molar-refractivity contribution in [1.82, 2.24) is 9.13 Å². The molecule has 7 heteroatoms. The van der Waals surface area contributed by atoms with Gasteiger partial charge in [0.05, 0.1) is 10.9 Å². The first-order chi connectivity index (χ1) is 13.5. The second-order valence-electron chi connectivity index (χ2n) is 6.61. The Morgan fingerprint density at radius 3 is 2.57 bits per heavy atom. The van der Waals surface area contributed by atoms with Crippen molar-refractivity contribution in [2.75, 3.05) is 5.32 Å². The van der Waals surface area contributed by atoms with Crippen LogP contribution >= 0.6 is 0 Å². The Labute approximate surface area is 161 Å². The largest absolute Gasteiger partial charge is 0.331 e. The van der Waals surface area contributed by atoms with Crippen molar-refractivity contribution in [3.05, 3.63) is 75.2 Å². The molecule has 0 bridgehead atoms. The van der Waals surface area contributed by atoms with Crippen LogP contribution in [0.2, 0.25) is 0 Å². The van der Waals surface area contributed by atoms with Crippen molar-refractivity contribution in [1.29, 1.82) is 0 Å². The summed E-state index contributed by atoms with van der Waals surface area (Å²) >= 11 is 0. The van der Waals surface area contributed by atoms with Crippen molar-refractivity contribution in [3.8, 4) is 0 Å². The summed E-state index contributed by atoms with van der Waals surface area (Å²) in [5.74, 6) is -0.943. The van der Waals surface area contributed by atoms with E-state index in [1.165, 1.54) is 27.3 Å². The van der Waals surface area contributed by atoms with Gasteiger partial charge in [0.1, 0.15) is 12.4 Å². The predicted molar refractivity (Wildman–Crippen MR) is 107 cm³/mol. The average Bonchev–Trinajstić information content (AvgIpc) is 2.68. The number of fused-ring (bicyclic) bond motifs is 1. The number of nitrogens with zero attached hydrogens (tertiary/aromatic N) is 2. The number of nitrogens with one attached hydrogen (secondary N) is 1. The molecule has 0 saturated carbocycles. The lowest BCUT2D eigenvalue weighted by molar-refractivity contribution is -0.116. The molecule has 0 saturated heterocycles. The van der Waals surface area contributed by atoms with E-state index in [2.05, 4.69) is 5.32 Å². The van der Waals surface area contributed by atoms with Gasteiger partial charge >= 0.3 is 5.69 Å². The molecule has 28 heavy (non-hydrogen) atoms. The topological polar surface area (TPSA) is 73.1 Å². The molecule has 0 fully saturated rings. The van der Waals surface area contributed by atoms with Gasteiger partial charge in [-0.2, -0.15) is 0 Å². The lowest BCUT2D eigenvalue weighted by atomic mass is 10.2. The van der Waals surface area contributed by atoms with Crippen LogP contribution in [-0.4, -0.2) is 15.0 Å². The van der Waals surface area contributed by atoms with Crippen LogP contribution in [0.1, 0.15) is 26.2 Å². The molecule has 6 nitrogen and oxygen atoms in total. The number of halogens is 1. The third kappa shape index (κ3) is 4.19. The fourth-order valence-electron chi connectivity index (χ4n) is 3.15. The van der Waals surface area contributed by atoms with Crippen molar-refractivity contribution in [3.63, 3.8) is 0 Å². The van der Waals surface area contributed by atoms with Gasteiger partial charge in [-0.25, -0.2) is 9.18 Å². The number of para-hydroxylation sites is 1. The van der Waals surface area contributed by atoms with Crippen LogP contribution in [0.5, 0.6) is 0 Å². The molecule has 0 aliphatic carbocycles. The Balaban J connectivity index is 1.98. The van der Waals surface area contributed by atoms with Gasteiger partial charge in [-0.1, -0.05) is 38.0 Å². The first kappa shape index (κ1) is 19.5. The van der Waals surface area contributed by atoms with Crippen LogP contribution in [-0.2, 0) is 17.9 Å². The number of anilines is 1. The summed E-state index contributed by atoms with van der Waals surface area (Å²) in [5.41, 5.74) is -0.162. The fraction of sp³-hybridized carbons (Fsp3) is 0.286. The van der Waals surface area contributed by atoms with Gasteiger partial charge in [0, 0.05) is 12.2 Å². The average molecular weight is 383 g/mol. The summed E-state index contributed by atoms with van der Waals surface area (Å²) in [6.07, 6.45) is 2.57. The molecule has 1 heterocycles. The third-order valence-electron chi connectivity index (χ3n) is 4.53. The Morgan fingerprint density at radius 1 is 1.04 bits per heavy atom. The van der Waals surface area contributed by atoms with Gasteiger partial charge in [0.25, 0.3) is 5.56 Å². The van der Waals surface area contributed by atoms with Gasteiger partial charge in [0.2, 0.25) is 5.91 Å². The number of carbonyl (C=O) groups excluding carboxylic acids is 1. The molecular weight excluding hydrogens is 361 g/mol. The number of benzene rings is 2. The Hall–Kier alpha value is -3.22. The monoisotopic (exact) mass is 383 g/mol. The summed E-state index contributed by atoms with van der Waals surface area (Å²) in [7, 11) is 0. The quantitative estimate of drug-likeness (QED) is 0.637. The van der Waals surface area contributed by atoms with Crippen molar-refractivity contribution >= 4 is 22.5 Å². The minimum absolute atomic E-state index is 0.274. The minimum Gasteiger partial charge on any atom is -0.324 e. The van der Waals surface area contributed by atoms with Crippen LogP contribution in [0.25, 0.3) is 10.9 Å². The zero-order valence-electron chi connectivity index (χ0n) is 15.7. The normalized spacial score (nSPS) is 10.9. The number of rotatable bonds is 7. The van der Waals surface area contributed by atoms with E-state index in [-0.39, 0.29) is 12.1 Å². The smallest absolute Gasteiger partial charge is 0.324 e. The van der Waals surface area contributed by atoms with Gasteiger partial charge in [-0.3, -0.25) is 18.7 Å². The molecule has 1 N–H and O–H groups in total. The van der Waals surface area contributed by atoms with Crippen molar-refractivity contribution < 1.29 is 9.18 Å². The summed E-state index contributed by atoms with van der Waals surface area (Å²) in [4.78, 5) is 38.1. The van der Waals surface area contributed by atoms with E-state index in [4.69, 9.17) is 0 Å². The van der Waals surface area contributed by atoms with E-state index in [0.29, 0.717) is 29.6 Å². The maximum Gasteiger partial charge on any atom is 0.331 e. The first-order valence-corrected chi connectivity index (χ1v) is 9.29. The number of aromatic nitrogens is 2. The Morgan fingerprint density at radius 2 is 1.82 bits per heavy atom. The number of hydrogen-bond donors (Lipinski definition) is 1. The second kappa shape index (κ2) is 8.65. The Kier molecular flexibility index (Phi) is 6.03. The lowest BCUT2D eigenvalue weighted by Gasteiger charge is -2.14. The number of carbonyl (C=O) groups is 1. The van der Waals surface area contributed by atoms with Gasteiger partial charge in [-0.15, -0.1) is 0 Å². The first-order valence-electron chi connectivity index (χ1n) is 9.29. The standard InChI is InChI=1S/C21H22FN3O3/c1-2-3-6-12-24-20(27)17-10-4-5-11-18(17)25(21(24)28)14-19(26)23-16-9-7-8-15(22)13-16/h4-5,7-11,13H,2-3,6,12,14H2,1H3,(H,23,26). The molecule has 0 unspecified atom stereocenters. The molecule has 0 aliphatic heterocycles. The SMILES string of the molecule is CCCCCn1c(=O)c2ccccc2n(CC(=O)Nc2cccc(F)c2)c1=O. The summed E-state index contributed by atoms with van der Waals surface area (Å²) in [5, 5.41) is 2.97. The molecule has 1 amide bonds. The number of unbranched alkanes of at least 4 members (excludes halogenated alkanes) is 2. The highest BCUT2D eigenvalue weighted by molar-refractivity contribution is 5.91. The molecule has 2 aromatic carbocycles. The van der Waals surface area contributed by atoms with Crippen LogP contribution in [0, 0.1) is 5.82 Å². The maximum atomic E-state index is 13.3. The molecule has 0 aliphatic rings. The fourth-order valence-corrected chi connectivity index (χ4v) is 3.15. The molecule has 0 spiro atoms. The minimum atomic E-state index is -0.519. The van der Waals surface area contributed by atoms with E-state index in [1.54, 1.807) is 30.3 Å². The molecule has 146 valence electrons. The van der Waals surface area contributed by atoms with Crippen LogP contribution in [0.3, 0.4) is 0 Å². The summed E-state index contributed by atoms with van der Waals surface area (Å²) < 4.78 is 15.8. The van der Waals surface area contributed by atoms with Gasteiger partial charge < -0.3 is 5.32 Å². The highest BCUT2D eigenvalue weighted by Gasteiger charge is 2.15. The molecular formula is C21H22FN3O3. The molecule has 0 radical (unpaired) electrons. The van der Waals surface area contributed by atoms with Crippen LogP contribution in [0.15, 0.2) is 58.1 Å². The zero-order valence-corrected chi connectivity index (χ0v) is 15.7. The molecule has 3 aromatic rings.